The van der Waals surface area contributed by atoms with Crippen molar-refractivity contribution in [2.75, 3.05) is 37.1 Å². The Kier molecular flexibility index (Phi) is 5.46. The first-order valence-electron chi connectivity index (χ1n) is 5.97. The van der Waals surface area contributed by atoms with Crippen LogP contribution in [0.2, 0.25) is 0 Å². The molecule has 0 atom stereocenters. The largest absolute Gasteiger partial charge is 0.385 e. The minimum atomic E-state index is 1.15. The van der Waals surface area contributed by atoms with Crippen LogP contribution >= 0.6 is 11.3 Å². The van der Waals surface area contributed by atoms with Crippen molar-refractivity contribution in [1.82, 2.24) is 0 Å². The summed E-state index contributed by atoms with van der Waals surface area (Å²) in [7, 11) is 5.96. The molecule has 16 heavy (non-hydrogen) atoms. The maximum absolute atomic E-state index is 3.30. The Morgan fingerprint density at radius 1 is 0.938 bits per heavy atom. The lowest BCUT2D eigenvalue weighted by molar-refractivity contribution is 0.719. The van der Waals surface area contributed by atoms with Gasteiger partial charge in [-0.25, -0.2) is 0 Å². The van der Waals surface area contributed by atoms with Gasteiger partial charge in [-0.1, -0.05) is 31.1 Å². The Hall–Kier alpha value is -0.900. The molecule has 0 spiro atoms. The molecule has 0 aliphatic heterocycles. The molecule has 0 saturated heterocycles. The van der Waals surface area contributed by atoms with Gasteiger partial charge in [0.05, 0.1) is 10.7 Å². The van der Waals surface area contributed by atoms with Gasteiger partial charge in [-0.3, -0.25) is 0 Å². The van der Waals surface area contributed by atoms with Crippen molar-refractivity contribution < 1.29 is 0 Å². The van der Waals surface area contributed by atoms with E-state index in [-0.39, 0.29) is 0 Å². The van der Waals surface area contributed by atoms with E-state index in [1.54, 1.807) is 11.3 Å². The van der Waals surface area contributed by atoms with Crippen molar-refractivity contribution in [1.29, 1.82) is 0 Å². The van der Waals surface area contributed by atoms with Crippen LogP contribution in [0, 0.1) is 0 Å². The highest BCUT2D eigenvalue weighted by molar-refractivity contribution is 7.21. The predicted octanol–water partition coefficient (Wildman–Crippen LogP) is 3.61. The van der Waals surface area contributed by atoms with E-state index in [0.29, 0.717) is 0 Å². The third kappa shape index (κ3) is 2.82. The number of nitrogens with one attached hydrogen (secondary N) is 3. The van der Waals surface area contributed by atoms with Gasteiger partial charge in [0, 0.05) is 26.7 Å². The molecule has 1 aromatic heterocycles. The van der Waals surface area contributed by atoms with Crippen LogP contribution in [0.15, 0.2) is 0 Å². The van der Waals surface area contributed by atoms with E-state index < -0.39 is 0 Å². The summed E-state index contributed by atoms with van der Waals surface area (Å²) in [6.45, 7) is 2.24. The minimum Gasteiger partial charge on any atom is -0.385 e. The van der Waals surface area contributed by atoms with Gasteiger partial charge in [-0.2, -0.15) is 0 Å². The summed E-state index contributed by atoms with van der Waals surface area (Å²) in [4.78, 5) is 0. The molecule has 0 aliphatic carbocycles. The molecule has 0 fully saturated rings. The quantitative estimate of drug-likeness (QED) is 0.638. The number of hydrogen-bond acceptors (Lipinski definition) is 4. The zero-order chi connectivity index (χ0) is 12.0. The molecule has 0 bridgehead atoms. The first-order chi connectivity index (χ1) is 7.78. The second kappa shape index (κ2) is 6.63. The average Bonchev–Trinajstić information content (AvgIpc) is 2.66. The molecule has 1 rings (SSSR count). The Bertz CT molecular complexity index is 320. The number of rotatable bonds is 7. The van der Waals surface area contributed by atoms with Crippen LogP contribution in [0.1, 0.15) is 31.7 Å². The minimum absolute atomic E-state index is 1.15. The van der Waals surface area contributed by atoms with Crippen LogP contribution in [0.3, 0.4) is 0 Å². The Morgan fingerprint density at radius 2 is 1.62 bits per heavy atom. The van der Waals surface area contributed by atoms with E-state index in [4.69, 9.17) is 0 Å². The normalized spacial score (nSPS) is 10.2. The summed E-state index contributed by atoms with van der Waals surface area (Å²) in [5, 5.41) is 12.3. The molecule has 1 aromatic rings. The van der Waals surface area contributed by atoms with Gasteiger partial charge in [0.25, 0.3) is 0 Å². The van der Waals surface area contributed by atoms with E-state index in [1.807, 2.05) is 21.1 Å². The predicted molar refractivity (Wildman–Crippen MR) is 76.2 cm³/mol. The highest BCUT2D eigenvalue weighted by Crippen LogP contribution is 2.42. The first-order valence-corrected chi connectivity index (χ1v) is 6.79. The molecule has 92 valence electrons. The van der Waals surface area contributed by atoms with Gasteiger partial charge < -0.3 is 16.0 Å². The van der Waals surface area contributed by atoms with Gasteiger partial charge in [0.1, 0.15) is 5.00 Å². The van der Waals surface area contributed by atoms with Crippen molar-refractivity contribution in [3.8, 4) is 0 Å². The maximum atomic E-state index is 3.30. The second-order valence-electron chi connectivity index (χ2n) is 3.82. The molecule has 0 amide bonds. The zero-order valence-corrected chi connectivity index (χ0v) is 11.6. The summed E-state index contributed by atoms with van der Waals surface area (Å²) in [5.41, 5.74) is 2.68. The maximum Gasteiger partial charge on any atom is 0.114 e. The summed E-state index contributed by atoms with van der Waals surface area (Å²) < 4.78 is 0. The summed E-state index contributed by atoms with van der Waals surface area (Å²) in [6.07, 6.45) is 4.99. The van der Waals surface area contributed by atoms with Crippen LogP contribution in [-0.4, -0.2) is 21.1 Å². The fraction of sp³-hybridized carbons (Fsp3) is 0.667. The van der Waals surface area contributed by atoms with E-state index in [2.05, 4.69) is 22.9 Å². The van der Waals surface area contributed by atoms with Crippen molar-refractivity contribution >= 4 is 27.0 Å². The third-order valence-corrected chi connectivity index (χ3v) is 4.01. The molecule has 4 heteroatoms. The molecule has 3 N–H and O–H groups in total. The standard InChI is InChI=1S/C12H23N3S/c1-5-6-7-8-9-10(13-2)12(15-4)16-11(9)14-3/h13-15H,5-8H2,1-4H3. The van der Waals surface area contributed by atoms with E-state index in [9.17, 15) is 0 Å². The molecule has 0 aromatic carbocycles. The van der Waals surface area contributed by atoms with Crippen molar-refractivity contribution in [3.05, 3.63) is 5.56 Å². The molecule has 1 heterocycles. The molecule has 0 saturated carbocycles. The van der Waals surface area contributed by atoms with Crippen molar-refractivity contribution in [2.45, 2.75) is 32.6 Å². The highest BCUT2D eigenvalue weighted by Gasteiger charge is 2.15. The second-order valence-corrected chi connectivity index (χ2v) is 4.84. The molecular formula is C12H23N3S. The third-order valence-electron chi connectivity index (χ3n) is 2.74. The topological polar surface area (TPSA) is 36.1 Å². The lowest BCUT2D eigenvalue weighted by Crippen LogP contribution is -1.98. The van der Waals surface area contributed by atoms with Crippen LogP contribution in [0.5, 0.6) is 0 Å². The monoisotopic (exact) mass is 241 g/mol. The average molecular weight is 241 g/mol. The van der Waals surface area contributed by atoms with Crippen LogP contribution in [0.4, 0.5) is 15.7 Å². The molecular weight excluding hydrogens is 218 g/mol. The summed E-state index contributed by atoms with van der Waals surface area (Å²) in [5.74, 6) is 0. The van der Waals surface area contributed by atoms with Crippen LogP contribution in [0.25, 0.3) is 0 Å². The highest BCUT2D eigenvalue weighted by atomic mass is 32.1. The molecule has 3 nitrogen and oxygen atoms in total. The smallest absolute Gasteiger partial charge is 0.114 e. The lowest BCUT2D eigenvalue weighted by atomic mass is 10.1. The Labute approximate surface area is 103 Å². The summed E-state index contributed by atoms with van der Waals surface area (Å²) >= 11 is 1.78. The van der Waals surface area contributed by atoms with E-state index in [1.165, 1.54) is 40.5 Å². The Morgan fingerprint density at radius 3 is 2.12 bits per heavy atom. The fourth-order valence-corrected chi connectivity index (χ4v) is 2.96. The van der Waals surface area contributed by atoms with Gasteiger partial charge in [-0.05, 0) is 12.8 Å². The zero-order valence-electron chi connectivity index (χ0n) is 10.7. The molecule has 0 aliphatic rings. The van der Waals surface area contributed by atoms with Gasteiger partial charge in [0.15, 0.2) is 0 Å². The van der Waals surface area contributed by atoms with E-state index in [0.717, 1.165) is 6.42 Å². The van der Waals surface area contributed by atoms with Crippen molar-refractivity contribution in [3.63, 3.8) is 0 Å². The van der Waals surface area contributed by atoms with Crippen LogP contribution < -0.4 is 16.0 Å². The van der Waals surface area contributed by atoms with Gasteiger partial charge >= 0.3 is 0 Å². The number of unbranched alkanes of at least 4 members (excludes halogenated alkanes) is 2. The number of thiophene rings is 1. The first kappa shape index (κ1) is 13.2. The lowest BCUT2D eigenvalue weighted by Gasteiger charge is -2.07. The van der Waals surface area contributed by atoms with Gasteiger partial charge in [0.2, 0.25) is 0 Å². The van der Waals surface area contributed by atoms with Crippen LogP contribution in [-0.2, 0) is 6.42 Å². The number of hydrogen-bond donors (Lipinski definition) is 3. The van der Waals surface area contributed by atoms with Crippen molar-refractivity contribution in [2.24, 2.45) is 0 Å². The molecule has 0 radical (unpaired) electrons. The fourth-order valence-electron chi connectivity index (χ4n) is 1.90. The van der Waals surface area contributed by atoms with E-state index >= 15 is 0 Å². The summed E-state index contributed by atoms with van der Waals surface area (Å²) in [6, 6.07) is 0. The number of anilines is 3. The SMILES string of the molecule is CCCCCc1c(NC)sc(NC)c1NC. The van der Waals surface area contributed by atoms with Gasteiger partial charge in [-0.15, -0.1) is 0 Å². The Balaban J connectivity index is 2.88. The molecule has 0 unspecified atom stereocenters.